The van der Waals surface area contributed by atoms with Crippen LogP contribution in [0.25, 0.3) is 0 Å². The van der Waals surface area contributed by atoms with Crippen molar-refractivity contribution in [1.29, 1.82) is 0 Å². The zero-order chi connectivity index (χ0) is 25.0. The van der Waals surface area contributed by atoms with Crippen molar-refractivity contribution in [2.75, 3.05) is 32.8 Å². The molecular formula is C27H41N3O5. The first-order chi connectivity index (χ1) is 17.0. The van der Waals surface area contributed by atoms with E-state index >= 15 is 0 Å². The average Bonchev–Trinajstić information content (AvgIpc) is 3.01. The Balaban J connectivity index is 1.64. The lowest BCUT2D eigenvalue weighted by Crippen LogP contribution is -2.52. The number of hydrogen-bond donors (Lipinski definition) is 3. The topological polar surface area (TPSA) is 108 Å². The minimum absolute atomic E-state index is 0.0531. The van der Waals surface area contributed by atoms with Gasteiger partial charge in [0.1, 0.15) is 12.6 Å². The van der Waals surface area contributed by atoms with Gasteiger partial charge in [0, 0.05) is 12.5 Å². The van der Waals surface area contributed by atoms with Gasteiger partial charge in [-0.15, -0.1) is 0 Å². The molecule has 2 aliphatic heterocycles. The monoisotopic (exact) mass is 487 g/mol. The summed E-state index contributed by atoms with van der Waals surface area (Å²) in [7, 11) is 0. The molecule has 3 atom stereocenters. The largest absolute Gasteiger partial charge is 0.480 e. The fourth-order valence-corrected chi connectivity index (χ4v) is 5.32. The SMILES string of the molecule is CCOC(=O)[C@H](CCCCC1CCNCC1)N[C@H]1CC[C@H](c2ccccc2)CN(CC(=O)O)C1=O. The average molecular weight is 488 g/mol. The Morgan fingerprint density at radius 1 is 1.14 bits per heavy atom. The molecule has 2 heterocycles. The first-order valence-corrected chi connectivity index (χ1v) is 13.2. The Morgan fingerprint density at radius 3 is 2.57 bits per heavy atom. The summed E-state index contributed by atoms with van der Waals surface area (Å²) in [6, 6.07) is 8.72. The molecular weight excluding hydrogens is 446 g/mol. The molecule has 2 fully saturated rings. The number of carboxylic acid groups (broad SMARTS) is 1. The predicted octanol–water partition coefficient (Wildman–Crippen LogP) is 2.93. The third-order valence-corrected chi connectivity index (χ3v) is 7.24. The van der Waals surface area contributed by atoms with E-state index < -0.39 is 18.1 Å². The van der Waals surface area contributed by atoms with Crippen molar-refractivity contribution < 1.29 is 24.2 Å². The fourth-order valence-electron chi connectivity index (χ4n) is 5.32. The molecule has 0 saturated carbocycles. The number of nitrogens with one attached hydrogen (secondary N) is 2. The van der Waals surface area contributed by atoms with Crippen LogP contribution in [0.4, 0.5) is 0 Å². The summed E-state index contributed by atoms with van der Waals surface area (Å²) in [6.45, 7) is 4.23. The molecule has 8 heteroatoms. The number of amides is 1. The van der Waals surface area contributed by atoms with Gasteiger partial charge in [-0.1, -0.05) is 49.6 Å². The van der Waals surface area contributed by atoms with E-state index in [2.05, 4.69) is 10.6 Å². The van der Waals surface area contributed by atoms with Crippen LogP contribution in [0.1, 0.15) is 69.8 Å². The number of hydrogen-bond acceptors (Lipinski definition) is 6. The van der Waals surface area contributed by atoms with Crippen molar-refractivity contribution >= 4 is 17.8 Å². The molecule has 2 saturated heterocycles. The number of rotatable bonds is 12. The Bertz CT molecular complexity index is 812. The van der Waals surface area contributed by atoms with Crippen molar-refractivity contribution in [2.24, 2.45) is 5.92 Å². The van der Waals surface area contributed by atoms with Gasteiger partial charge in [0.25, 0.3) is 0 Å². The van der Waals surface area contributed by atoms with E-state index in [-0.39, 0.29) is 30.9 Å². The number of aliphatic carboxylic acids is 1. The number of carbonyl (C=O) groups excluding carboxylic acids is 2. The maximum absolute atomic E-state index is 13.4. The predicted molar refractivity (Wildman–Crippen MR) is 134 cm³/mol. The number of esters is 1. The molecule has 35 heavy (non-hydrogen) atoms. The number of carbonyl (C=O) groups is 3. The van der Waals surface area contributed by atoms with Gasteiger partial charge in [-0.05, 0) is 63.6 Å². The molecule has 1 aromatic carbocycles. The van der Waals surface area contributed by atoms with Crippen LogP contribution in [-0.2, 0) is 19.1 Å². The minimum atomic E-state index is -1.04. The first kappa shape index (κ1) is 27.1. The van der Waals surface area contributed by atoms with Crippen LogP contribution in [0.3, 0.4) is 0 Å². The summed E-state index contributed by atoms with van der Waals surface area (Å²) in [5.74, 6) is -0.832. The number of likely N-dealkylation sites (tertiary alicyclic amines) is 1. The molecule has 3 N–H and O–H groups in total. The lowest BCUT2D eigenvalue weighted by molar-refractivity contribution is -0.148. The van der Waals surface area contributed by atoms with E-state index in [1.165, 1.54) is 17.7 Å². The highest BCUT2D eigenvalue weighted by molar-refractivity contribution is 5.86. The number of unbranched alkanes of at least 4 members (excludes halogenated alkanes) is 1. The van der Waals surface area contributed by atoms with Gasteiger partial charge in [-0.25, -0.2) is 0 Å². The van der Waals surface area contributed by atoms with Crippen LogP contribution >= 0.6 is 0 Å². The number of carboxylic acids is 1. The van der Waals surface area contributed by atoms with Gasteiger partial charge in [0.05, 0.1) is 12.6 Å². The van der Waals surface area contributed by atoms with Crippen LogP contribution in [0.2, 0.25) is 0 Å². The standard InChI is InChI=1S/C27H41N3O5/c1-2-35-27(34)24(11-7-6-8-20-14-16-28-17-15-20)29-23-13-12-22(21-9-4-3-5-10-21)18-30(26(23)33)19-25(31)32/h3-5,9-10,20,22-24,28-29H,2,6-8,11-19H2,1H3,(H,31,32)/t22-,23-,24-/m0/s1. The van der Waals surface area contributed by atoms with Gasteiger partial charge < -0.3 is 20.1 Å². The zero-order valence-electron chi connectivity index (χ0n) is 20.9. The summed E-state index contributed by atoms with van der Waals surface area (Å²) >= 11 is 0. The van der Waals surface area contributed by atoms with Crippen molar-refractivity contribution in [3.8, 4) is 0 Å². The normalized spacial score (nSPS) is 22.4. The zero-order valence-corrected chi connectivity index (χ0v) is 20.9. The van der Waals surface area contributed by atoms with Gasteiger partial charge in [-0.3, -0.25) is 19.7 Å². The first-order valence-electron chi connectivity index (χ1n) is 13.2. The molecule has 0 unspecified atom stereocenters. The Labute approximate surface area is 208 Å². The summed E-state index contributed by atoms with van der Waals surface area (Å²) in [5.41, 5.74) is 1.09. The van der Waals surface area contributed by atoms with E-state index in [4.69, 9.17) is 4.74 Å². The highest BCUT2D eigenvalue weighted by Crippen LogP contribution is 2.28. The van der Waals surface area contributed by atoms with Gasteiger partial charge in [-0.2, -0.15) is 0 Å². The van der Waals surface area contributed by atoms with E-state index in [1.54, 1.807) is 6.92 Å². The fraction of sp³-hybridized carbons (Fsp3) is 0.667. The summed E-state index contributed by atoms with van der Waals surface area (Å²) < 4.78 is 5.31. The van der Waals surface area contributed by atoms with E-state index in [0.717, 1.165) is 50.3 Å². The van der Waals surface area contributed by atoms with E-state index in [9.17, 15) is 19.5 Å². The highest BCUT2D eigenvalue weighted by atomic mass is 16.5. The minimum Gasteiger partial charge on any atom is -0.480 e. The van der Waals surface area contributed by atoms with Crippen LogP contribution < -0.4 is 10.6 Å². The Morgan fingerprint density at radius 2 is 1.89 bits per heavy atom. The second-order valence-corrected chi connectivity index (χ2v) is 9.80. The Hall–Kier alpha value is -2.45. The van der Waals surface area contributed by atoms with Crippen LogP contribution in [0, 0.1) is 5.92 Å². The molecule has 2 aliphatic rings. The maximum atomic E-state index is 13.4. The lowest BCUT2D eigenvalue weighted by Gasteiger charge is -2.27. The summed E-state index contributed by atoms with van der Waals surface area (Å²) in [4.78, 5) is 39.0. The molecule has 194 valence electrons. The Kier molecular flexibility index (Phi) is 11.0. The molecule has 3 rings (SSSR count). The summed E-state index contributed by atoms with van der Waals surface area (Å²) in [6.07, 6.45) is 7.37. The molecule has 0 bridgehead atoms. The van der Waals surface area contributed by atoms with Gasteiger partial charge >= 0.3 is 11.9 Å². The van der Waals surface area contributed by atoms with Crippen LogP contribution in [0.5, 0.6) is 0 Å². The van der Waals surface area contributed by atoms with E-state index in [0.29, 0.717) is 19.4 Å². The number of benzene rings is 1. The lowest BCUT2D eigenvalue weighted by atomic mass is 9.91. The quantitative estimate of drug-likeness (QED) is 0.307. The molecule has 1 aromatic rings. The van der Waals surface area contributed by atoms with Crippen LogP contribution in [-0.4, -0.2) is 72.7 Å². The summed E-state index contributed by atoms with van der Waals surface area (Å²) in [5, 5.41) is 16.1. The molecule has 0 aliphatic carbocycles. The third-order valence-electron chi connectivity index (χ3n) is 7.24. The second-order valence-electron chi connectivity index (χ2n) is 9.80. The van der Waals surface area contributed by atoms with Gasteiger partial charge in [0.15, 0.2) is 0 Å². The molecule has 8 nitrogen and oxygen atoms in total. The van der Waals surface area contributed by atoms with Crippen molar-refractivity contribution in [1.82, 2.24) is 15.5 Å². The molecule has 0 spiro atoms. The highest BCUT2D eigenvalue weighted by Gasteiger charge is 2.35. The number of piperidine rings is 1. The smallest absolute Gasteiger partial charge is 0.323 e. The third kappa shape index (κ3) is 8.61. The number of ether oxygens (including phenoxy) is 1. The van der Waals surface area contributed by atoms with Crippen LogP contribution in [0.15, 0.2) is 30.3 Å². The van der Waals surface area contributed by atoms with Crippen molar-refractivity contribution in [2.45, 2.75) is 76.3 Å². The number of nitrogens with zero attached hydrogens (tertiary/aromatic N) is 1. The van der Waals surface area contributed by atoms with Crippen molar-refractivity contribution in [3.63, 3.8) is 0 Å². The molecule has 0 aromatic heterocycles. The molecule has 0 radical (unpaired) electrons. The maximum Gasteiger partial charge on any atom is 0.323 e. The second kappa shape index (κ2) is 14.2. The van der Waals surface area contributed by atoms with Gasteiger partial charge in [0.2, 0.25) is 5.91 Å². The van der Waals surface area contributed by atoms with E-state index in [1.807, 2.05) is 30.3 Å². The molecule has 1 amide bonds. The van der Waals surface area contributed by atoms with Crippen molar-refractivity contribution in [3.05, 3.63) is 35.9 Å².